The highest BCUT2D eigenvalue weighted by Gasteiger charge is 2.19. The lowest BCUT2D eigenvalue weighted by Gasteiger charge is -2.10. The molecule has 0 radical (unpaired) electrons. The second-order valence-corrected chi connectivity index (χ2v) is 7.05. The average Bonchev–Trinajstić information content (AvgIpc) is 2.75. The zero-order valence-electron chi connectivity index (χ0n) is 15.8. The maximum absolute atomic E-state index is 12.3. The molecule has 0 aromatic heterocycles. The topological polar surface area (TPSA) is 119 Å². The molecule has 156 valence electrons. The number of para-hydroxylation sites is 1. The normalized spacial score (nSPS) is 10.9. The highest BCUT2D eigenvalue weighted by atomic mass is 79.9. The summed E-state index contributed by atoms with van der Waals surface area (Å²) in [4.78, 5) is 34.8. The summed E-state index contributed by atoms with van der Waals surface area (Å²) in [6.45, 7) is 0. The van der Waals surface area contributed by atoms with Crippen molar-refractivity contribution in [2.75, 3.05) is 0 Å². The van der Waals surface area contributed by atoms with Gasteiger partial charge in [0.05, 0.1) is 15.0 Å². The molecule has 9 heteroatoms. The number of rotatable bonds is 7. The van der Waals surface area contributed by atoms with Gasteiger partial charge in [-0.3, -0.25) is 14.9 Å². The van der Waals surface area contributed by atoms with Crippen LogP contribution in [0.4, 0.5) is 5.69 Å². The van der Waals surface area contributed by atoms with Crippen LogP contribution in [0, 0.1) is 10.1 Å². The third kappa shape index (κ3) is 5.55. The molecule has 1 amide bonds. The summed E-state index contributed by atoms with van der Waals surface area (Å²) in [5.41, 5.74) is -0.655. The van der Waals surface area contributed by atoms with E-state index in [0.29, 0.717) is 10.2 Å². The third-order valence-corrected chi connectivity index (χ3v) is 4.73. The first-order valence-electron chi connectivity index (χ1n) is 8.87. The van der Waals surface area contributed by atoms with Gasteiger partial charge in [-0.05, 0) is 58.4 Å². The molecule has 0 aliphatic carbocycles. The number of carbonyl (C=O) groups excluding carboxylic acids is 1. The smallest absolute Gasteiger partial charge is 0.352 e. The van der Waals surface area contributed by atoms with Crippen molar-refractivity contribution in [1.82, 2.24) is 5.32 Å². The van der Waals surface area contributed by atoms with E-state index in [9.17, 15) is 24.8 Å². The molecule has 31 heavy (non-hydrogen) atoms. The van der Waals surface area contributed by atoms with Crippen molar-refractivity contribution in [3.8, 4) is 11.5 Å². The van der Waals surface area contributed by atoms with Crippen LogP contribution in [0.15, 0.2) is 83.0 Å². The quantitative estimate of drug-likeness (QED) is 0.277. The van der Waals surface area contributed by atoms with Gasteiger partial charge in [-0.1, -0.05) is 30.3 Å². The Kier molecular flexibility index (Phi) is 6.78. The summed E-state index contributed by atoms with van der Waals surface area (Å²) in [5.74, 6) is -1.38. The first kappa shape index (κ1) is 21.7. The summed E-state index contributed by atoms with van der Waals surface area (Å²) in [6, 6.07) is 19.0. The van der Waals surface area contributed by atoms with Crippen molar-refractivity contribution in [3.05, 3.63) is 104 Å². The number of amides is 1. The number of nitro benzene ring substituents is 1. The predicted molar refractivity (Wildman–Crippen MR) is 117 cm³/mol. The van der Waals surface area contributed by atoms with Crippen LogP contribution < -0.4 is 10.1 Å². The lowest BCUT2D eigenvalue weighted by Crippen LogP contribution is -2.27. The van der Waals surface area contributed by atoms with Gasteiger partial charge >= 0.3 is 5.97 Å². The Bertz CT molecular complexity index is 1180. The van der Waals surface area contributed by atoms with E-state index < -0.39 is 22.5 Å². The lowest BCUT2D eigenvalue weighted by atomic mass is 10.1. The molecule has 8 nitrogen and oxygen atoms in total. The van der Waals surface area contributed by atoms with E-state index in [1.54, 1.807) is 42.5 Å². The molecule has 0 bridgehead atoms. The Morgan fingerprint density at radius 2 is 1.71 bits per heavy atom. The van der Waals surface area contributed by atoms with Crippen LogP contribution in [0.25, 0.3) is 6.08 Å². The number of hydrogen-bond donors (Lipinski definition) is 2. The van der Waals surface area contributed by atoms with E-state index in [2.05, 4.69) is 21.2 Å². The number of carbonyl (C=O) groups is 2. The highest BCUT2D eigenvalue weighted by molar-refractivity contribution is 9.10. The number of aliphatic carboxylic acids is 1. The number of carboxylic acid groups (broad SMARTS) is 1. The van der Waals surface area contributed by atoms with Gasteiger partial charge in [0.2, 0.25) is 0 Å². The van der Waals surface area contributed by atoms with Gasteiger partial charge in [-0.2, -0.15) is 0 Å². The minimum absolute atomic E-state index is 0.0414. The maximum Gasteiger partial charge on any atom is 0.352 e. The number of hydrogen-bond acceptors (Lipinski definition) is 5. The Hall–Kier alpha value is -3.98. The van der Waals surface area contributed by atoms with Gasteiger partial charge in [-0.15, -0.1) is 0 Å². The fourth-order valence-corrected chi connectivity index (χ4v) is 2.99. The largest absolute Gasteiger partial charge is 0.477 e. The van der Waals surface area contributed by atoms with Gasteiger partial charge in [0, 0.05) is 11.6 Å². The van der Waals surface area contributed by atoms with Crippen molar-refractivity contribution in [3.63, 3.8) is 0 Å². The minimum atomic E-state index is -1.45. The molecule has 3 rings (SSSR count). The zero-order chi connectivity index (χ0) is 22.4. The van der Waals surface area contributed by atoms with Gasteiger partial charge in [0.25, 0.3) is 11.6 Å². The van der Waals surface area contributed by atoms with Gasteiger partial charge in [0.15, 0.2) is 0 Å². The fraction of sp³-hybridized carbons (Fsp3) is 0. The molecule has 0 aliphatic heterocycles. The predicted octanol–water partition coefficient (Wildman–Crippen LogP) is 5.01. The molecule has 0 saturated carbocycles. The van der Waals surface area contributed by atoms with Crippen LogP contribution in [-0.2, 0) is 4.79 Å². The summed E-state index contributed by atoms with van der Waals surface area (Å²) in [6.07, 6.45) is 1.02. The standard InChI is InChI=1S/C22H15BrN2O6/c23-17-8-4-5-9-20(17)31-16-10-11-19(25(29)30)15(12-16)13-18(22(27)28)24-21(26)14-6-2-1-3-7-14/h1-13H,(H,24,26)(H,27,28)/b18-13-. The second-order valence-electron chi connectivity index (χ2n) is 6.19. The number of nitro groups is 1. The number of halogens is 1. The molecule has 0 saturated heterocycles. The van der Waals surface area contributed by atoms with E-state index in [-0.39, 0.29) is 22.6 Å². The first-order chi connectivity index (χ1) is 14.8. The van der Waals surface area contributed by atoms with Crippen LogP contribution >= 0.6 is 15.9 Å². The van der Waals surface area contributed by atoms with Crippen molar-refractivity contribution >= 4 is 39.6 Å². The van der Waals surface area contributed by atoms with Gasteiger partial charge in [0.1, 0.15) is 17.2 Å². The van der Waals surface area contributed by atoms with E-state index in [4.69, 9.17) is 4.74 Å². The van der Waals surface area contributed by atoms with Gasteiger partial charge in [-0.25, -0.2) is 4.79 Å². The molecule has 0 spiro atoms. The Labute approximate surface area is 185 Å². The first-order valence-corrected chi connectivity index (χ1v) is 9.66. The molecule has 2 N–H and O–H groups in total. The second kappa shape index (κ2) is 9.68. The Morgan fingerprint density at radius 1 is 1.03 bits per heavy atom. The molecule has 3 aromatic carbocycles. The molecule has 0 atom stereocenters. The van der Waals surface area contributed by atoms with E-state index in [1.165, 1.54) is 30.3 Å². The number of nitrogens with zero attached hydrogens (tertiary/aromatic N) is 1. The van der Waals surface area contributed by atoms with E-state index in [0.717, 1.165) is 6.08 Å². The molecule has 0 heterocycles. The summed E-state index contributed by atoms with van der Waals surface area (Å²) in [5, 5.41) is 23.2. The maximum atomic E-state index is 12.3. The van der Waals surface area contributed by atoms with Crippen molar-refractivity contribution in [1.29, 1.82) is 0 Å². The molecule has 0 fully saturated rings. The van der Waals surface area contributed by atoms with Gasteiger partial charge < -0.3 is 15.2 Å². The van der Waals surface area contributed by atoms with E-state index >= 15 is 0 Å². The summed E-state index contributed by atoms with van der Waals surface area (Å²) < 4.78 is 6.42. The molecular formula is C22H15BrN2O6. The molecule has 0 unspecified atom stereocenters. The Morgan fingerprint density at radius 3 is 2.35 bits per heavy atom. The minimum Gasteiger partial charge on any atom is -0.477 e. The van der Waals surface area contributed by atoms with Crippen molar-refractivity contribution < 1.29 is 24.4 Å². The fourth-order valence-electron chi connectivity index (χ4n) is 2.62. The number of benzene rings is 3. The molecular weight excluding hydrogens is 468 g/mol. The number of carboxylic acids is 1. The molecule has 3 aromatic rings. The van der Waals surface area contributed by atoms with Crippen LogP contribution in [0.2, 0.25) is 0 Å². The molecule has 0 aliphatic rings. The van der Waals surface area contributed by atoms with Crippen LogP contribution in [0.3, 0.4) is 0 Å². The Balaban J connectivity index is 1.97. The van der Waals surface area contributed by atoms with E-state index in [1.807, 2.05) is 0 Å². The van der Waals surface area contributed by atoms with Crippen LogP contribution in [0.1, 0.15) is 15.9 Å². The van der Waals surface area contributed by atoms with Crippen molar-refractivity contribution in [2.24, 2.45) is 0 Å². The average molecular weight is 483 g/mol. The lowest BCUT2D eigenvalue weighted by molar-refractivity contribution is -0.385. The van der Waals surface area contributed by atoms with Crippen LogP contribution in [-0.4, -0.2) is 21.9 Å². The SMILES string of the molecule is O=C(O)/C(=C/c1cc(Oc2ccccc2Br)ccc1[N+](=O)[O-])NC(=O)c1ccccc1. The third-order valence-electron chi connectivity index (χ3n) is 4.07. The monoisotopic (exact) mass is 482 g/mol. The summed E-state index contributed by atoms with van der Waals surface area (Å²) >= 11 is 3.35. The van der Waals surface area contributed by atoms with Crippen molar-refractivity contribution in [2.45, 2.75) is 0 Å². The summed E-state index contributed by atoms with van der Waals surface area (Å²) in [7, 11) is 0. The number of ether oxygens (including phenoxy) is 1. The number of nitrogens with one attached hydrogen (secondary N) is 1. The highest BCUT2D eigenvalue weighted by Crippen LogP contribution is 2.32. The zero-order valence-corrected chi connectivity index (χ0v) is 17.4. The van der Waals surface area contributed by atoms with Crippen LogP contribution in [0.5, 0.6) is 11.5 Å².